The molecule has 0 amide bonds. The van der Waals surface area contributed by atoms with Gasteiger partial charge in [0, 0.05) is 19.2 Å². The SMILES string of the molecule is CCCC(C)c1nc(-c2cccn2C)co1. The van der Waals surface area contributed by atoms with Gasteiger partial charge in [-0.05, 0) is 18.6 Å². The van der Waals surface area contributed by atoms with Crippen molar-refractivity contribution in [2.75, 3.05) is 0 Å². The third-order valence-electron chi connectivity index (χ3n) is 2.87. The molecule has 0 aliphatic rings. The second kappa shape index (κ2) is 4.56. The first-order valence-corrected chi connectivity index (χ1v) is 5.79. The van der Waals surface area contributed by atoms with Gasteiger partial charge in [0.25, 0.3) is 0 Å². The highest BCUT2D eigenvalue weighted by atomic mass is 16.3. The van der Waals surface area contributed by atoms with E-state index in [9.17, 15) is 0 Å². The molecule has 0 aliphatic carbocycles. The molecule has 0 saturated carbocycles. The maximum atomic E-state index is 5.53. The van der Waals surface area contributed by atoms with Gasteiger partial charge < -0.3 is 8.98 Å². The van der Waals surface area contributed by atoms with Crippen LogP contribution in [0.25, 0.3) is 11.4 Å². The summed E-state index contributed by atoms with van der Waals surface area (Å²) in [6.45, 7) is 4.33. The van der Waals surface area contributed by atoms with Crippen LogP contribution in [0, 0.1) is 0 Å². The van der Waals surface area contributed by atoms with Crippen LogP contribution in [0.3, 0.4) is 0 Å². The van der Waals surface area contributed by atoms with Crippen LogP contribution < -0.4 is 0 Å². The van der Waals surface area contributed by atoms with Crippen molar-refractivity contribution in [2.45, 2.75) is 32.6 Å². The van der Waals surface area contributed by atoms with Crippen molar-refractivity contribution in [2.24, 2.45) is 7.05 Å². The first-order valence-electron chi connectivity index (χ1n) is 5.79. The molecular formula is C13H18N2O. The monoisotopic (exact) mass is 218 g/mol. The topological polar surface area (TPSA) is 31.0 Å². The average molecular weight is 218 g/mol. The Balaban J connectivity index is 2.23. The zero-order valence-corrected chi connectivity index (χ0v) is 10.1. The van der Waals surface area contributed by atoms with E-state index >= 15 is 0 Å². The quantitative estimate of drug-likeness (QED) is 0.785. The zero-order chi connectivity index (χ0) is 11.5. The van der Waals surface area contributed by atoms with Gasteiger partial charge in [0.1, 0.15) is 12.0 Å². The van der Waals surface area contributed by atoms with E-state index < -0.39 is 0 Å². The molecule has 2 heterocycles. The second-order valence-corrected chi connectivity index (χ2v) is 4.27. The van der Waals surface area contributed by atoms with Crippen molar-refractivity contribution in [3.8, 4) is 11.4 Å². The van der Waals surface area contributed by atoms with Crippen LogP contribution in [0.15, 0.2) is 29.0 Å². The summed E-state index contributed by atoms with van der Waals surface area (Å²) in [7, 11) is 2.01. The number of nitrogens with zero attached hydrogens (tertiary/aromatic N) is 2. The number of hydrogen-bond acceptors (Lipinski definition) is 2. The average Bonchev–Trinajstić information content (AvgIpc) is 2.86. The molecule has 0 bridgehead atoms. The van der Waals surface area contributed by atoms with E-state index in [1.165, 1.54) is 0 Å². The van der Waals surface area contributed by atoms with E-state index in [4.69, 9.17) is 4.42 Å². The maximum absolute atomic E-state index is 5.53. The van der Waals surface area contributed by atoms with Crippen LogP contribution in [-0.4, -0.2) is 9.55 Å². The van der Waals surface area contributed by atoms with Crippen molar-refractivity contribution in [1.82, 2.24) is 9.55 Å². The summed E-state index contributed by atoms with van der Waals surface area (Å²) in [5.41, 5.74) is 2.02. The van der Waals surface area contributed by atoms with Crippen LogP contribution in [-0.2, 0) is 7.05 Å². The Morgan fingerprint density at radius 1 is 1.50 bits per heavy atom. The fraction of sp³-hybridized carbons (Fsp3) is 0.462. The molecule has 0 aromatic carbocycles. The molecular weight excluding hydrogens is 200 g/mol. The summed E-state index contributed by atoms with van der Waals surface area (Å²) < 4.78 is 7.58. The summed E-state index contributed by atoms with van der Waals surface area (Å²) in [4.78, 5) is 4.54. The van der Waals surface area contributed by atoms with Crippen LogP contribution >= 0.6 is 0 Å². The lowest BCUT2D eigenvalue weighted by molar-refractivity contribution is 0.444. The second-order valence-electron chi connectivity index (χ2n) is 4.27. The Morgan fingerprint density at radius 3 is 2.94 bits per heavy atom. The van der Waals surface area contributed by atoms with Gasteiger partial charge in [0.05, 0.1) is 5.69 Å². The summed E-state index contributed by atoms with van der Waals surface area (Å²) in [6, 6.07) is 4.06. The normalized spacial score (nSPS) is 12.9. The van der Waals surface area contributed by atoms with Crippen molar-refractivity contribution in [3.05, 3.63) is 30.5 Å². The first kappa shape index (κ1) is 11.0. The minimum absolute atomic E-state index is 0.402. The van der Waals surface area contributed by atoms with Gasteiger partial charge in [0.15, 0.2) is 5.89 Å². The molecule has 0 N–H and O–H groups in total. The first-order chi connectivity index (χ1) is 7.72. The van der Waals surface area contributed by atoms with E-state index in [-0.39, 0.29) is 0 Å². The molecule has 1 atom stereocenters. The van der Waals surface area contributed by atoms with E-state index in [0.717, 1.165) is 30.1 Å². The molecule has 2 rings (SSSR count). The van der Waals surface area contributed by atoms with E-state index in [2.05, 4.69) is 18.8 Å². The molecule has 3 heteroatoms. The van der Waals surface area contributed by atoms with Crippen LogP contribution in [0.2, 0.25) is 0 Å². The molecule has 0 saturated heterocycles. The molecule has 16 heavy (non-hydrogen) atoms. The predicted octanol–water partition coefficient (Wildman–Crippen LogP) is 3.58. The molecule has 2 aromatic rings. The lowest BCUT2D eigenvalue weighted by atomic mass is 10.1. The molecule has 1 unspecified atom stereocenters. The highest BCUT2D eigenvalue weighted by Gasteiger charge is 2.13. The lowest BCUT2D eigenvalue weighted by Gasteiger charge is -2.03. The number of rotatable bonds is 4. The fourth-order valence-electron chi connectivity index (χ4n) is 1.92. The minimum Gasteiger partial charge on any atom is -0.448 e. The van der Waals surface area contributed by atoms with Crippen molar-refractivity contribution < 1.29 is 4.42 Å². The number of aryl methyl sites for hydroxylation is 1. The zero-order valence-electron chi connectivity index (χ0n) is 10.1. The molecule has 0 aliphatic heterocycles. The standard InChI is InChI=1S/C13H18N2O/c1-4-6-10(2)13-14-11(9-16-13)12-7-5-8-15(12)3/h5,7-10H,4,6H2,1-3H3. The predicted molar refractivity (Wildman–Crippen MR) is 64.2 cm³/mol. The van der Waals surface area contributed by atoms with Gasteiger partial charge in [0.2, 0.25) is 0 Å². The smallest absolute Gasteiger partial charge is 0.197 e. The summed E-state index contributed by atoms with van der Waals surface area (Å²) in [5, 5.41) is 0. The minimum atomic E-state index is 0.402. The Hall–Kier alpha value is -1.51. The van der Waals surface area contributed by atoms with Crippen LogP contribution in [0.1, 0.15) is 38.5 Å². The number of oxazole rings is 1. The van der Waals surface area contributed by atoms with E-state index in [1.807, 2.05) is 29.9 Å². The highest BCUT2D eigenvalue weighted by Crippen LogP contribution is 2.24. The molecule has 0 fully saturated rings. The number of aromatic nitrogens is 2. The van der Waals surface area contributed by atoms with Gasteiger partial charge >= 0.3 is 0 Å². The van der Waals surface area contributed by atoms with Crippen molar-refractivity contribution in [3.63, 3.8) is 0 Å². The van der Waals surface area contributed by atoms with E-state index in [1.54, 1.807) is 6.26 Å². The molecule has 0 spiro atoms. The van der Waals surface area contributed by atoms with Gasteiger partial charge in [-0.2, -0.15) is 0 Å². The third kappa shape index (κ3) is 2.03. The summed E-state index contributed by atoms with van der Waals surface area (Å²) >= 11 is 0. The Morgan fingerprint density at radius 2 is 2.31 bits per heavy atom. The molecule has 86 valence electrons. The number of hydrogen-bond donors (Lipinski definition) is 0. The third-order valence-corrected chi connectivity index (χ3v) is 2.87. The molecule has 2 aromatic heterocycles. The van der Waals surface area contributed by atoms with Crippen molar-refractivity contribution in [1.29, 1.82) is 0 Å². The van der Waals surface area contributed by atoms with E-state index in [0.29, 0.717) is 5.92 Å². The van der Waals surface area contributed by atoms with Crippen LogP contribution in [0.5, 0.6) is 0 Å². The Labute approximate surface area is 96.1 Å². The Bertz CT molecular complexity index is 456. The fourth-order valence-corrected chi connectivity index (χ4v) is 1.92. The van der Waals surface area contributed by atoms with Gasteiger partial charge in [-0.15, -0.1) is 0 Å². The van der Waals surface area contributed by atoms with Crippen LogP contribution in [0.4, 0.5) is 0 Å². The maximum Gasteiger partial charge on any atom is 0.197 e. The summed E-state index contributed by atoms with van der Waals surface area (Å²) in [5.74, 6) is 1.25. The molecule has 3 nitrogen and oxygen atoms in total. The lowest BCUT2D eigenvalue weighted by Crippen LogP contribution is -1.94. The summed E-state index contributed by atoms with van der Waals surface area (Å²) in [6.07, 6.45) is 6.03. The van der Waals surface area contributed by atoms with Crippen molar-refractivity contribution >= 4 is 0 Å². The molecule has 0 radical (unpaired) electrons. The Kier molecular flexibility index (Phi) is 3.13. The van der Waals surface area contributed by atoms with Gasteiger partial charge in [-0.25, -0.2) is 4.98 Å². The highest BCUT2D eigenvalue weighted by molar-refractivity contribution is 5.53. The largest absolute Gasteiger partial charge is 0.448 e. The van der Waals surface area contributed by atoms with Gasteiger partial charge in [-0.1, -0.05) is 20.3 Å². The van der Waals surface area contributed by atoms with Gasteiger partial charge in [-0.3, -0.25) is 0 Å².